The second-order valence-corrected chi connectivity index (χ2v) is 5.81. The van der Waals surface area contributed by atoms with Crippen molar-refractivity contribution in [3.8, 4) is 5.75 Å². The summed E-state index contributed by atoms with van der Waals surface area (Å²) in [6.07, 6.45) is 2.16. The van der Waals surface area contributed by atoms with Crippen molar-refractivity contribution in [2.75, 3.05) is 26.3 Å². The number of piperidine rings is 1. The van der Waals surface area contributed by atoms with Crippen LogP contribution in [0.2, 0.25) is 0 Å². The minimum atomic E-state index is -0.277. The van der Waals surface area contributed by atoms with Crippen LogP contribution in [0.4, 0.5) is 4.79 Å². The van der Waals surface area contributed by atoms with E-state index in [0.29, 0.717) is 25.4 Å². The van der Waals surface area contributed by atoms with Crippen molar-refractivity contribution >= 4 is 12.0 Å². The Hall–Kier alpha value is -2.24. The van der Waals surface area contributed by atoms with Crippen LogP contribution < -0.4 is 10.1 Å². The summed E-state index contributed by atoms with van der Waals surface area (Å²) in [5, 5.41) is 2.96. The number of nitrogens with one attached hydrogen (secondary N) is 1. The second kappa shape index (κ2) is 9.15. The van der Waals surface area contributed by atoms with Crippen molar-refractivity contribution in [3.63, 3.8) is 0 Å². The highest BCUT2D eigenvalue weighted by molar-refractivity contribution is 5.78. The van der Waals surface area contributed by atoms with Crippen LogP contribution in [0.1, 0.15) is 32.3 Å². The molecular weight excluding hydrogens is 308 g/mol. The fourth-order valence-electron chi connectivity index (χ4n) is 2.66. The lowest BCUT2D eigenvalue weighted by molar-refractivity contribution is -0.124. The Morgan fingerprint density at radius 2 is 1.83 bits per heavy atom. The lowest BCUT2D eigenvalue weighted by Gasteiger charge is -2.31. The summed E-state index contributed by atoms with van der Waals surface area (Å²) in [5.74, 6) is 0.559. The van der Waals surface area contributed by atoms with Crippen LogP contribution in [0, 0.1) is 0 Å². The quantitative estimate of drug-likeness (QED) is 0.867. The van der Waals surface area contributed by atoms with Gasteiger partial charge in [-0.15, -0.1) is 0 Å². The van der Waals surface area contributed by atoms with Gasteiger partial charge in [0.15, 0.2) is 6.61 Å². The van der Waals surface area contributed by atoms with Crippen molar-refractivity contribution < 1.29 is 19.1 Å². The van der Waals surface area contributed by atoms with Gasteiger partial charge in [0.25, 0.3) is 5.91 Å². The molecule has 24 heavy (non-hydrogen) atoms. The molecule has 1 aromatic rings. The Bertz CT molecular complexity index is 536. The maximum absolute atomic E-state index is 12.0. The van der Waals surface area contributed by atoms with E-state index in [1.807, 2.05) is 24.3 Å². The van der Waals surface area contributed by atoms with Crippen LogP contribution in [0.5, 0.6) is 5.75 Å². The Balaban J connectivity index is 1.68. The summed E-state index contributed by atoms with van der Waals surface area (Å²) in [7, 11) is 0. The third kappa shape index (κ3) is 5.44. The van der Waals surface area contributed by atoms with Crippen molar-refractivity contribution in [2.45, 2.75) is 39.2 Å². The first kappa shape index (κ1) is 18.1. The SMILES string of the molecule is CCOC(=O)N1CCC(NC(=O)COc2ccc(CC)cc2)CC1. The van der Waals surface area contributed by atoms with E-state index < -0.39 is 0 Å². The molecule has 0 bridgehead atoms. The van der Waals surface area contributed by atoms with Crippen molar-refractivity contribution in [3.05, 3.63) is 29.8 Å². The van der Waals surface area contributed by atoms with Crippen LogP contribution in [-0.4, -0.2) is 49.2 Å². The highest BCUT2D eigenvalue weighted by Gasteiger charge is 2.24. The maximum Gasteiger partial charge on any atom is 0.409 e. The molecule has 1 heterocycles. The number of hydrogen-bond acceptors (Lipinski definition) is 4. The summed E-state index contributed by atoms with van der Waals surface area (Å²) < 4.78 is 10.5. The largest absolute Gasteiger partial charge is 0.484 e. The molecule has 0 aliphatic carbocycles. The molecule has 2 rings (SSSR count). The number of carbonyl (C=O) groups is 2. The average Bonchev–Trinajstić information content (AvgIpc) is 2.61. The number of hydrogen-bond donors (Lipinski definition) is 1. The lowest BCUT2D eigenvalue weighted by Crippen LogP contribution is -2.47. The molecule has 1 aromatic carbocycles. The molecule has 6 nitrogen and oxygen atoms in total. The first-order chi connectivity index (χ1) is 11.6. The van der Waals surface area contributed by atoms with Crippen molar-refractivity contribution in [1.82, 2.24) is 10.2 Å². The first-order valence-electron chi connectivity index (χ1n) is 8.55. The van der Waals surface area contributed by atoms with Gasteiger partial charge in [-0.3, -0.25) is 4.79 Å². The van der Waals surface area contributed by atoms with Crippen LogP contribution in [0.15, 0.2) is 24.3 Å². The normalized spacial score (nSPS) is 15.0. The fraction of sp³-hybridized carbons (Fsp3) is 0.556. The van der Waals surface area contributed by atoms with Gasteiger partial charge in [0.05, 0.1) is 6.61 Å². The molecule has 0 aromatic heterocycles. The molecule has 0 atom stereocenters. The number of rotatable bonds is 6. The predicted octanol–water partition coefficient (Wildman–Crippen LogP) is 2.36. The van der Waals surface area contributed by atoms with Gasteiger partial charge in [0.2, 0.25) is 0 Å². The standard InChI is InChI=1S/C18H26N2O4/c1-3-14-5-7-16(8-6-14)24-13-17(21)19-15-9-11-20(12-10-15)18(22)23-4-2/h5-8,15H,3-4,9-13H2,1-2H3,(H,19,21). The zero-order chi connectivity index (χ0) is 17.4. The summed E-state index contributed by atoms with van der Waals surface area (Å²) >= 11 is 0. The van der Waals surface area contributed by atoms with Gasteiger partial charge in [-0.05, 0) is 43.9 Å². The van der Waals surface area contributed by atoms with Crippen LogP contribution >= 0.6 is 0 Å². The Kier molecular flexibility index (Phi) is 6.90. The number of carbonyl (C=O) groups excluding carboxylic acids is 2. The van der Waals surface area contributed by atoms with E-state index in [1.54, 1.807) is 11.8 Å². The third-order valence-electron chi connectivity index (χ3n) is 4.09. The van der Waals surface area contributed by atoms with Gasteiger partial charge in [-0.2, -0.15) is 0 Å². The molecule has 6 heteroatoms. The third-order valence-corrected chi connectivity index (χ3v) is 4.09. The van der Waals surface area contributed by atoms with E-state index >= 15 is 0 Å². The lowest BCUT2D eigenvalue weighted by atomic mass is 10.1. The van der Waals surface area contributed by atoms with Gasteiger partial charge >= 0.3 is 6.09 Å². The average molecular weight is 334 g/mol. The second-order valence-electron chi connectivity index (χ2n) is 5.81. The highest BCUT2D eigenvalue weighted by Crippen LogP contribution is 2.13. The van der Waals surface area contributed by atoms with Crippen LogP contribution in [-0.2, 0) is 16.0 Å². The zero-order valence-corrected chi connectivity index (χ0v) is 14.4. The Morgan fingerprint density at radius 3 is 2.42 bits per heavy atom. The number of ether oxygens (including phenoxy) is 2. The minimum absolute atomic E-state index is 0.00353. The van der Waals surface area contributed by atoms with Gasteiger partial charge in [-0.25, -0.2) is 4.79 Å². The van der Waals surface area contributed by atoms with E-state index in [-0.39, 0.29) is 24.6 Å². The molecule has 1 saturated heterocycles. The van der Waals surface area contributed by atoms with Gasteiger partial charge < -0.3 is 19.7 Å². The fourth-order valence-corrected chi connectivity index (χ4v) is 2.66. The monoisotopic (exact) mass is 334 g/mol. The highest BCUT2D eigenvalue weighted by atomic mass is 16.6. The molecule has 1 N–H and O–H groups in total. The van der Waals surface area contributed by atoms with E-state index in [1.165, 1.54) is 5.56 Å². The minimum Gasteiger partial charge on any atom is -0.484 e. The molecule has 2 amide bonds. The molecule has 1 fully saturated rings. The molecule has 0 saturated carbocycles. The number of amides is 2. The molecule has 132 valence electrons. The summed E-state index contributed by atoms with van der Waals surface area (Å²) in [6, 6.07) is 7.83. The van der Waals surface area contributed by atoms with Gasteiger partial charge in [-0.1, -0.05) is 19.1 Å². The molecular formula is C18H26N2O4. The summed E-state index contributed by atoms with van der Waals surface area (Å²) in [5.41, 5.74) is 1.24. The topological polar surface area (TPSA) is 67.9 Å². The van der Waals surface area contributed by atoms with Gasteiger partial charge in [0.1, 0.15) is 5.75 Å². The molecule has 0 spiro atoms. The number of benzene rings is 1. The summed E-state index contributed by atoms with van der Waals surface area (Å²) in [4.78, 5) is 25.3. The van der Waals surface area contributed by atoms with Gasteiger partial charge in [0, 0.05) is 19.1 Å². The summed E-state index contributed by atoms with van der Waals surface area (Å²) in [6.45, 7) is 5.47. The van der Waals surface area contributed by atoms with E-state index in [2.05, 4.69) is 12.2 Å². The molecule has 0 radical (unpaired) electrons. The predicted molar refractivity (Wildman–Crippen MR) is 91.1 cm³/mol. The van der Waals surface area contributed by atoms with E-state index in [4.69, 9.17) is 9.47 Å². The van der Waals surface area contributed by atoms with E-state index in [0.717, 1.165) is 19.3 Å². The van der Waals surface area contributed by atoms with Crippen molar-refractivity contribution in [2.24, 2.45) is 0 Å². The smallest absolute Gasteiger partial charge is 0.409 e. The first-order valence-corrected chi connectivity index (χ1v) is 8.55. The molecule has 1 aliphatic rings. The number of likely N-dealkylation sites (tertiary alicyclic amines) is 1. The zero-order valence-electron chi connectivity index (χ0n) is 14.4. The van der Waals surface area contributed by atoms with Crippen LogP contribution in [0.25, 0.3) is 0 Å². The van der Waals surface area contributed by atoms with Crippen LogP contribution in [0.3, 0.4) is 0 Å². The number of aryl methyl sites for hydroxylation is 1. The Morgan fingerprint density at radius 1 is 1.17 bits per heavy atom. The molecule has 0 unspecified atom stereocenters. The van der Waals surface area contributed by atoms with E-state index in [9.17, 15) is 9.59 Å². The number of nitrogens with zero attached hydrogens (tertiary/aromatic N) is 1. The Labute approximate surface area is 143 Å². The maximum atomic E-state index is 12.0. The van der Waals surface area contributed by atoms with Crippen molar-refractivity contribution in [1.29, 1.82) is 0 Å². The molecule has 1 aliphatic heterocycles.